The van der Waals surface area contributed by atoms with Crippen LogP contribution in [0.2, 0.25) is 0 Å². The van der Waals surface area contributed by atoms with Crippen LogP contribution in [0, 0.1) is 5.92 Å². The Bertz CT molecular complexity index is 436. The molecular formula is C17H25NO2. The molecule has 0 aromatic heterocycles. The van der Waals surface area contributed by atoms with Gasteiger partial charge in [-0.1, -0.05) is 31.5 Å². The summed E-state index contributed by atoms with van der Waals surface area (Å²) in [5, 5.41) is 3.59. The van der Waals surface area contributed by atoms with Gasteiger partial charge < -0.3 is 10.1 Å². The highest BCUT2D eigenvalue weighted by molar-refractivity contribution is 5.90. The van der Waals surface area contributed by atoms with Crippen molar-refractivity contribution in [2.24, 2.45) is 5.92 Å². The van der Waals surface area contributed by atoms with Gasteiger partial charge in [0.2, 0.25) is 0 Å². The van der Waals surface area contributed by atoms with Crippen molar-refractivity contribution in [2.75, 3.05) is 7.11 Å². The summed E-state index contributed by atoms with van der Waals surface area (Å²) in [6, 6.07) is 8.26. The van der Waals surface area contributed by atoms with Crippen molar-refractivity contribution in [1.82, 2.24) is 5.32 Å². The minimum Gasteiger partial charge on any atom is -0.465 e. The topological polar surface area (TPSA) is 38.3 Å². The summed E-state index contributed by atoms with van der Waals surface area (Å²) in [6.45, 7) is 3.03. The Morgan fingerprint density at radius 2 is 1.95 bits per heavy atom. The lowest BCUT2D eigenvalue weighted by Crippen LogP contribution is -2.33. The third kappa shape index (κ3) is 3.83. The van der Waals surface area contributed by atoms with Gasteiger partial charge in [0.05, 0.1) is 12.7 Å². The fraction of sp³-hybridized carbons (Fsp3) is 0.588. The van der Waals surface area contributed by atoms with Gasteiger partial charge in [-0.05, 0) is 43.2 Å². The zero-order chi connectivity index (χ0) is 14.4. The summed E-state index contributed by atoms with van der Waals surface area (Å²) in [4.78, 5) is 11.7. The Balaban J connectivity index is 1.90. The molecule has 1 saturated carbocycles. The fourth-order valence-electron chi connectivity index (χ4n) is 3.01. The van der Waals surface area contributed by atoms with Crippen LogP contribution >= 0.6 is 0 Å². The zero-order valence-corrected chi connectivity index (χ0v) is 12.5. The average molecular weight is 275 g/mol. The van der Waals surface area contributed by atoms with E-state index >= 15 is 0 Å². The molecule has 1 aromatic carbocycles. The first kappa shape index (κ1) is 15.0. The second-order valence-corrected chi connectivity index (χ2v) is 5.66. The number of rotatable bonds is 5. The molecule has 1 aliphatic carbocycles. The van der Waals surface area contributed by atoms with E-state index < -0.39 is 0 Å². The Morgan fingerprint density at radius 3 is 2.60 bits per heavy atom. The van der Waals surface area contributed by atoms with Gasteiger partial charge in [-0.25, -0.2) is 4.79 Å². The van der Waals surface area contributed by atoms with Crippen LogP contribution in [0.1, 0.15) is 54.9 Å². The van der Waals surface area contributed by atoms with Crippen LogP contribution in [0.25, 0.3) is 0 Å². The Kier molecular flexibility index (Phi) is 5.60. The molecule has 3 nitrogen and oxygen atoms in total. The van der Waals surface area contributed by atoms with Gasteiger partial charge in [0.1, 0.15) is 0 Å². The summed E-state index contributed by atoms with van der Waals surface area (Å²) >= 11 is 0. The van der Waals surface area contributed by atoms with Crippen LogP contribution in [0.4, 0.5) is 0 Å². The number of hydrogen-bond acceptors (Lipinski definition) is 3. The van der Waals surface area contributed by atoms with E-state index in [2.05, 4.69) is 12.2 Å². The summed E-state index contributed by atoms with van der Waals surface area (Å²) in [5.41, 5.74) is 1.70. The molecule has 20 heavy (non-hydrogen) atoms. The van der Waals surface area contributed by atoms with Crippen molar-refractivity contribution < 1.29 is 9.53 Å². The molecule has 0 heterocycles. The maximum atomic E-state index is 11.7. The largest absolute Gasteiger partial charge is 0.465 e. The SMILES string of the molecule is CCC1CCC(NCc2ccccc2C(=O)OC)CC1. The maximum absolute atomic E-state index is 11.7. The molecule has 2 rings (SSSR count). The van der Waals surface area contributed by atoms with Crippen LogP contribution in [0.3, 0.4) is 0 Å². The number of benzene rings is 1. The third-order valence-electron chi connectivity index (χ3n) is 4.43. The molecule has 0 unspecified atom stereocenters. The van der Waals surface area contributed by atoms with Crippen molar-refractivity contribution in [3.8, 4) is 0 Å². The van der Waals surface area contributed by atoms with Gasteiger partial charge in [0.25, 0.3) is 0 Å². The van der Waals surface area contributed by atoms with Crippen LogP contribution in [-0.2, 0) is 11.3 Å². The van der Waals surface area contributed by atoms with E-state index in [0.29, 0.717) is 11.6 Å². The van der Waals surface area contributed by atoms with Crippen LogP contribution in [0.15, 0.2) is 24.3 Å². The van der Waals surface area contributed by atoms with E-state index in [1.54, 1.807) is 0 Å². The predicted molar refractivity (Wildman–Crippen MR) is 80.7 cm³/mol. The smallest absolute Gasteiger partial charge is 0.338 e. The highest BCUT2D eigenvalue weighted by Crippen LogP contribution is 2.26. The number of carbonyl (C=O) groups excluding carboxylic acids is 1. The minimum atomic E-state index is -0.253. The van der Waals surface area contributed by atoms with E-state index in [9.17, 15) is 4.79 Å². The number of hydrogen-bond donors (Lipinski definition) is 1. The van der Waals surface area contributed by atoms with Gasteiger partial charge in [0, 0.05) is 12.6 Å². The summed E-state index contributed by atoms with van der Waals surface area (Å²) in [7, 11) is 1.43. The lowest BCUT2D eigenvalue weighted by atomic mass is 9.84. The molecule has 0 spiro atoms. The average Bonchev–Trinajstić information content (AvgIpc) is 2.53. The standard InChI is InChI=1S/C17H25NO2/c1-3-13-8-10-15(11-9-13)18-12-14-6-4-5-7-16(14)17(19)20-2/h4-7,13,15,18H,3,8-12H2,1-2H3. The molecule has 0 amide bonds. The Hall–Kier alpha value is -1.35. The van der Waals surface area contributed by atoms with Crippen LogP contribution in [0.5, 0.6) is 0 Å². The number of esters is 1. The van der Waals surface area contributed by atoms with E-state index in [1.807, 2.05) is 24.3 Å². The third-order valence-corrected chi connectivity index (χ3v) is 4.43. The molecule has 0 atom stereocenters. The van der Waals surface area contributed by atoms with Gasteiger partial charge >= 0.3 is 5.97 Å². The van der Waals surface area contributed by atoms with Gasteiger partial charge in [-0.15, -0.1) is 0 Å². The molecule has 0 bridgehead atoms. The summed E-state index contributed by atoms with van der Waals surface area (Å²) in [6.07, 6.45) is 6.45. The van der Waals surface area contributed by atoms with Crippen molar-refractivity contribution in [2.45, 2.75) is 51.6 Å². The second-order valence-electron chi connectivity index (χ2n) is 5.66. The van der Waals surface area contributed by atoms with Crippen molar-refractivity contribution in [3.63, 3.8) is 0 Å². The fourth-order valence-corrected chi connectivity index (χ4v) is 3.01. The summed E-state index contributed by atoms with van der Waals surface area (Å²) in [5.74, 6) is 0.660. The Labute approximate surface area is 121 Å². The van der Waals surface area contributed by atoms with Gasteiger partial charge in [-0.3, -0.25) is 0 Å². The monoisotopic (exact) mass is 275 g/mol. The normalized spacial score (nSPS) is 22.5. The molecule has 3 heteroatoms. The van der Waals surface area contributed by atoms with Crippen molar-refractivity contribution in [3.05, 3.63) is 35.4 Å². The molecule has 0 saturated heterocycles. The first-order valence-electron chi connectivity index (χ1n) is 7.64. The maximum Gasteiger partial charge on any atom is 0.338 e. The highest BCUT2D eigenvalue weighted by atomic mass is 16.5. The second kappa shape index (κ2) is 7.44. The van der Waals surface area contributed by atoms with E-state index in [1.165, 1.54) is 39.2 Å². The lowest BCUT2D eigenvalue weighted by molar-refractivity contribution is 0.0599. The molecule has 0 aliphatic heterocycles. The van der Waals surface area contributed by atoms with Crippen LogP contribution < -0.4 is 5.32 Å². The first-order chi connectivity index (χ1) is 9.74. The molecular weight excluding hydrogens is 250 g/mol. The minimum absolute atomic E-state index is 0.253. The number of methoxy groups -OCH3 is 1. The van der Waals surface area contributed by atoms with Gasteiger partial charge in [-0.2, -0.15) is 0 Å². The lowest BCUT2D eigenvalue weighted by Gasteiger charge is -2.28. The molecule has 1 N–H and O–H groups in total. The van der Waals surface area contributed by atoms with Gasteiger partial charge in [0.15, 0.2) is 0 Å². The highest BCUT2D eigenvalue weighted by Gasteiger charge is 2.20. The number of nitrogens with one attached hydrogen (secondary N) is 1. The first-order valence-corrected chi connectivity index (χ1v) is 7.64. The van der Waals surface area contributed by atoms with Crippen molar-refractivity contribution >= 4 is 5.97 Å². The predicted octanol–water partition coefficient (Wildman–Crippen LogP) is 3.53. The Morgan fingerprint density at radius 1 is 1.25 bits per heavy atom. The summed E-state index contributed by atoms with van der Waals surface area (Å²) < 4.78 is 4.83. The van der Waals surface area contributed by atoms with Crippen molar-refractivity contribution in [1.29, 1.82) is 0 Å². The van der Waals surface area contributed by atoms with E-state index in [0.717, 1.165) is 18.0 Å². The number of ether oxygens (including phenoxy) is 1. The molecule has 1 fully saturated rings. The van der Waals surface area contributed by atoms with E-state index in [-0.39, 0.29) is 5.97 Å². The quantitative estimate of drug-likeness (QED) is 0.835. The molecule has 1 aliphatic rings. The number of carbonyl (C=O) groups is 1. The van der Waals surface area contributed by atoms with Crippen LogP contribution in [-0.4, -0.2) is 19.1 Å². The van der Waals surface area contributed by atoms with E-state index in [4.69, 9.17) is 4.74 Å². The molecule has 1 aromatic rings. The molecule has 110 valence electrons. The molecule has 0 radical (unpaired) electrons. The zero-order valence-electron chi connectivity index (χ0n) is 12.5.